The topological polar surface area (TPSA) is 111 Å². The second-order valence-electron chi connectivity index (χ2n) is 6.80. The Labute approximate surface area is 151 Å². The van der Waals surface area contributed by atoms with E-state index in [9.17, 15) is 19.5 Å². The predicted octanol–water partition coefficient (Wildman–Crippen LogP) is 2.19. The number of carboxylic acids is 1. The van der Waals surface area contributed by atoms with Crippen LogP contribution in [0.3, 0.4) is 0 Å². The Morgan fingerprint density at radius 2 is 1.77 bits per heavy atom. The maximum absolute atomic E-state index is 12.2. The van der Waals surface area contributed by atoms with Crippen molar-refractivity contribution in [3.05, 3.63) is 36.0 Å². The van der Waals surface area contributed by atoms with Gasteiger partial charge in [0.25, 0.3) is 5.91 Å². The van der Waals surface area contributed by atoms with Gasteiger partial charge in [0, 0.05) is 10.9 Å². The van der Waals surface area contributed by atoms with Gasteiger partial charge in [-0.05, 0) is 25.0 Å². The zero-order chi connectivity index (χ0) is 18.6. The van der Waals surface area contributed by atoms with Crippen LogP contribution in [0, 0.1) is 0 Å². The first kappa shape index (κ1) is 18.0. The lowest BCUT2D eigenvalue weighted by Gasteiger charge is -2.29. The lowest BCUT2D eigenvalue weighted by Crippen LogP contribution is -2.56. The first-order valence-corrected chi connectivity index (χ1v) is 8.90. The zero-order valence-corrected chi connectivity index (χ0v) is 14.5. The molecule has 1 heterocycles. The number of rotatable bonds is 5. The number of aromatic amines is 1. The minimum atomic E-state index is -1.22. The summed E-state index contributed by atoms with van der Waals surface area (Å²) in [6.45, 7) is -0.261. The molecule has 1 aliphatic rings. The number of para-hydroxylation sites is 1. The fourth-order valence-corrected chi connectivity index (χ4v) is 3.49. The molecule has 0 atom stereocenters. The second-order valence-corrected chi connectivity index (χ2v) is 6.80. The average molecular weight is 357 g/mol. The van der Waals surface area contributed by atoms with Gasteiger partial charge in [-0.2, -0.15) is 0 Å². The van der Waals surface area contributed by atoms with Crippen molar-refractivity contribution in [2.75, 3.05) is 6.54 Å². The lowest BCUT2D eigenvalue weighted by molar-refractivity contribution is -0.148. The Balaban J connectivity index is 1.60. The summed E-state index contributed by atoms with van der Waals surface area (Å²) in [5.41, 5.74) is -0.0221. The molecule has 0 bridgehead atoms. The van der Waals surface area contributed by atoms with Gasteiger partial charge in [-0.25, -0.2) is 4.79 Å². The fraction of sp³-hybridized carbons (Fsp3) is 0.421. The standard InChI is InChI=1S/C19H23N3O4/c23-16(22-19(18(25)26)9-5-1-2-6-10-19)12-20-17(24)15-11-13-7-3-4-8-14(13)21-15/h3-4,7-8,11,21H,1-2,5-6,9-10,12H2,(H,20,24)(H,22,23)(H,25,26). The van der Waals surface area contributed by atoms with Gasteiger partial charge in [0.15, 0.2) is 0 Å². The molecule has 0 radical (unpaired) electrons. The number of carboxylic acid groups (broad SMARTS) is 1. The molecule has 1 fully saturated rings. The van der Waals surface area contributed by atoms with E-state index < -0.39 is 23.3 Å². The van der Waals surface area contributed by atoms with Crippen LogP contribution in [-0.2, 0) is 9.59 Å². The normalized spacial score (nSPS) is 16.6. The molecule has 0 spiro atoms. The first-order valence-electron chi connectivity index (χ1n) is 8.90. The summed E-state index contributed by atoms with van der Waals surface area (Å²) in [5, 5.41) is 15.7. The number of H-pyrrole nitrogens is 1. The number of benzene rings is 1. The number of carbonyl (C=O) groups is 3. The van der Waals surface area contributed by atoms with E-state index in [-0.39, 0.29) is 6.54 Å². The summed E-state index contributed by atoms with van der Waals surface area (Å²) in [6.07, 6.45) is 4.33. The van der Waals surface area contributed by atoms with E-state index in [1.165, 1.54) is 0 Å². The van der Waals surface area contributed by atoms with Crippen LogP contribution >= 0.6 is 0 Å². The summed E-state index contributed by atoms with van der Waals surface area (Å²) in [5.74, 6) is -1.89. The molecule has 1 saturated carbocycles. The second kappa shape index (κ2) is 7.59. The molecule has 2 aromatic rings. The van der Waals surface area contributed by atoms with Crippen LogP contribution in [0.5, 0.6) is 0 Å². The van der Waals surface area contributed by atoms with E-state index in [1.807, 2.05) is 24.3 Å². The number of fused-ring (bicyclic) bond motifs is 1. The van der Waals surface area contributed by atoms with Crippen molar-refractivity contribution in [3.8, 4) is 0 Å². The molecule has 1 aromatic heterocycles. The van der Waals surface area contributed by atoms with Crippen LogP contribution in [0.1, 0.15) is 49.0 Å². The molecule has 138 valence electrons. The van der Waals surface area contributed by atoms with Gasteiger partial charge in [0.2, 0.25) is 5.91 Å². The van der Waals surface area contributed by atoms with Gasteiger partial charge in [-0.15, -0.1) is 0 Å². The molecule has 7 heteroatoms. The highest BCUT2D eigenvalue weighted by Gasteiger charge is 2.39. The minimum absolute atomic E-state index is 0.261. The van der Waals surface area contributed by atoms with Gasteiger partial charge >= 0.3 is 5.97 Å². The molecule has 1 aliphatic carbocycles. The highest BCUT2D eigenvalue weighted by Crippen LogP contribution is 2.27. The van der Waals surface area contributed by atoms with Gasteiger partial charge in [0.1, 0.15) is 11.2 Å². The Kier molecular flexibility index (Phi) is 5.25. The van der Waals surface area contributed by atoms with Crippen molar-refractivity contribution in [3.63, 3.8) is 0 Å². The number of hydrogen-bond donors (Lipinski definition) is 4. The molecule has 0 saturated heterocycles. The lowest BCUT2D eigenvalue weighted by atomic mass is 9.90. The molecule has 3 rings (SSSR count). The van der Waals surface area contributed by atoms with E-state index in [2.05, 4.69) is 15.6 Å². The third kappa shape index (κ3) is 3.87. The number of amides is 2. The van der Waals surface area contributed by atoms with Crippen LogP contribution < -0.4 is 10.6 Å². The van der Waals surface area contributed by atoms with E-state index in [0.29, 0.717) is 18.5 Å². The molecule has 7 nitrogen and oxygen atoms in total. The molecule has 1 aromatic carbocycles. The van der Waals surface area contributed by atoms with Crippen molar-refractivity contribution in [1.82, 2.24) is 15.6 Å². The number of nitrogens with one attached hydrogen (secondary N) is 3. The number of aliphatic carboxylic acids is 1. The Hall–Kier alpha value is -2.83. The fourth-order valence-electron chi connectivity index (χ4n) is 3.49. The molecule has 4 N–H and O–H groups in total. The molecule has 2 amide bonds. The Morgan fingerprint density at radius 3 is 2.42 bits per heavy atom. The maximum atomic E-state index is 12.2. The maximum Gasteiger partial charge on any atom is 0.329 e. The van der Waals surface area contributed by atoms with Gasteiger partial charge < -0.3 is 20.7 Å². The molecule has 26 heavy (non-hydrogen) atoms. The Morgan fingerprint density at radius 1 is 1.08 bits per heavy atom. The van der Waals surface area contributed by atoms with Crippen molar-refractivity contribution in [2.24, 2.45) is 0 Å². The van der Waals surface area contributed by atoms with Crippen LogP contribution in [0.25, 0.3) is 10.9 Å². The average Bonchev–Trinajstić information content (AvgIpc) is 2.92. The van der Waals surface area contributed by atoms with E-state index in [1.54, 1.807) is 6.07 Å². The highest BCUT2D eigenvalue weighted by molar-refractivity contribution is 5.99. The summed E-state index contributed by atoms with van der Waals surface area (Å²) in [6, 6.07) is 9.21. The summed E-state index contributed by atoms with van der Waals surface area (Å²) in [4.78, 5) is 39.2. The molecule has 0 unspecified atom stereocenters. The van der Waals surface area contributed by atoms with Gasteiger partial charge in [-0.3, -0.25) is 9.59 Å². The zero-order valence-electron chi connectivity index (χ0n) is 14.5. The van der Waals surface area contributed by atoms with Crippen molar-refractivity contribution in [2.45, 2.75) is 44.1 Å². The summed E-state index contributed by atoms with van der Waals surface area (Å²) >= 11 is 0. The number of carbonyl (C=O) groups excluding carboxylic acids is 2. The van der Waals surface area contributed by atoms with E-state index >= 15 is 0 Å². The largest absolute Gasteiger partial charge is 0.480 e. The summed E-state index contributed by atoms with van der Waals surface area (Å²) < 4.78 is 0. The Bertz CT molecular complexity index is 786. The minimum Gasteiger partial charge on any atom is -0.480 e. The number of aromatic nitrogens is 1. The van der Waals surface area contributed by atoms with Crippen LogP contribution in [0.15, 0.2) is 30.3 Å². The number of hydrogen-bond acceptors (Lipinski definition) is 3. The van der Waals surface area contributed by atoms with Gasteiger partial charge in [0.05, 0.1) is 6.54 Å². The SMILES string of the molecule is O=C(CNC(=O)c1cc2ccccc2[nH]1)NC1(C(=O)O)CCCCCC1. The van der Waals surface area contributed by atoms with Crippen LogP contribution in [-0.4, -0.2) is 40.0 Å². The smallest absolute Gasteiger partial charge is 0.329 e. The molecular formula is C19H23N3O4. The van der Waals surface area contributed by atoms with Crippen LogP contribution in [0.4, 0.5) is 0 Å². The van der Waals surface area contributed by atoms with Crippen molar-refractivity contribution < 1.29 is 19.5 Å². The quantitative estimate of drug-likeness (QED) is 0.615. The van der Waals surface area contributed by atoms with Gasteiger partial charge in [-0.1, -0.05) is 43.9 Å². The monoisotopic (exact) mass is 357 g/mol. The van der Waals surface area contributed by atoms with E-state index in [4.69, 9.17) is 0 Å². The highest BCUT2D eigenvalue weighted by atomic mass is 16.4. The van der Waals surface area contributed by atoms with Crippen molar-refractivity contribution in [1.29, 1.82) is 0 Å². The third-order valence-electron chi connectivity index (χ3n) is 4.93. The predicted molar refractivity (Wildman–Crippen MR) is 96.8 cm³/mol. The molecular weight excluding hydrogens is 334 g/mol. The first-order chi connectivity index (χ1) is 12.5. The van der Waals surface area contributed by atoms with Crippen molar-refractivity contribution >= 4 is 28.7 Å². The van der Waals surface area contributed by atoms with E-state index in [0.717, 1.165) is 36.6 Å². The molecule has 0 aliphatic heterocycles. The summed E-state index contributed by atoms with van der Waals surface area (Å²) in [7, 11) is 0. The third-order valence-corrected chi connectivity index (χ3v) is 4.93. The van der Waals surface area contributed by atoms with Crippen LogP contribution in [0.2, 0.25) is 0 Å².